The van der Waals surface area contributed by atoms with Crippen LogP contribution < -0.4 is 0 Å². The van der Waals surface area contributed by atoms with Gasteiger partial charge in [-0.2, -0.15) is 0 Å². The minimum atomic E-state index is -5.12. The highest BCUT2D eigenvalue weighted by Gasteiger charge is 2.32. The molecule has 60 valence electrons. The number of hydrogen-bond acceptors (Lipinski definition) is 5. The number of nitrogens with zero attached hydrogens (tertiary/aromatic N) is 1. The summed E-state index contributed by atoms with van der Waals surface area (Å²) in [6.07, 6.45) is -5.12. The van der Waals surface area contributed by atoms with E-state index in [0.717, 1.165) is 0 Å². The van der Waals surface area contributed by atoms with Crippen LogP contribution in [0, 0.1) is 10.1 Å². The van der Waals surface area contributed by atoms with Crippen molar-refractivity contribution >= 4 is 0 Å². The molecule has 0 heterocycles. The predicted octanol–water partition coefficient (Wildman–Crippen LogP) is 0.578. The number of halogens is 3. The first-order chi connectivity index (χ1) is 4.42. The first kappa shape index (κ1) is 8.91. The Hall–Kier alpha value is -1.09. The van der Waals surface area contributed by atoms with Crippen LogP contribution in [0.4, 0.5) is 13.2 Å². The molecule has 0 saturated heterocycles. The average Bonchev–Trinajstić information content (AvgIpc) is 1.59. The van der Waals surface area contributed by atoms with Gasteiger partial charge in [-0.15, -0.1) is 33.2 Å². The zero-order chi connectivity index (χ0) is 8.20. The minimum absolute atomic E-state index is 1.61. The normalized spacial score (nSPS) is 11.1. The second-order valence-electron chi connectivity index (χ2n) is 0.895. The zero-order valence-corrected chi connectivity index (χ0v) is 4.12. The van der Waals surface area contributed by atoms with Gasteiger partial charge in [-0.1, -0.05) is 0 Å². The first-order valence-corrected chi connectivity index (χ1v) is 1.65. The molecule has 0 aromatic heterocycles. The van der Waals surface area contributed by atoms with Gasteiger partial charge in [0.25, 0.3) is 0 Å². The summed E-state index contributed by atoms with van der Waals surface area (Å²) in [5.41, 5.74) is 0. The molecule has 0 aromatic rings. The Morgan fingerprint density at radius 3 is 2.20 bits per heavy atom. The van der Waals surface area contributed by atoms with Gasteiger partial charge in [0.2, 0.25) is 0 Å². The summed E-state index contributed by atoms with van der Waals surface area (Å²) in [5, 5.41) is 10.1. The van der Waals surface area contributed by atoms with Crippen LogP contribution in [0.3, 0.4) is 0 Å². The summed E-state index contributed by atoms with van der Waals surface area (Å²) < 4.78 is 32.6. The summed E-state index contributed by atoms with van der Waals surface area (Å²) in [6, 6.07) is 0. The number of rotatable bonds is 3. The summed E-state index contributed by atoms with van der Waals surface area (Å²) in [6.45, 7) is 0. The SMILES string of the molecule is O=[N+]([O-])OOOC(F)(F)F. The molecule has 0 radical (unpaired) electrons. The second kappa shape index (κ2) is 3.17. The molecule has 10 heavy (non-hydrogen) atoms. The lowest BCUT2D eigenvalue weighted by Gasteiger charge is -2.00. The highest BCUT2D eigenvalue weighted by Crippen LogP contribution is 2.16. The largest absolute Gasteiger partial charge is 0.551 e. The third kappa shape index (κ3) is 6.91. The van der Waals surface area contributed by atoms with E-state index in [0.29, 0.717) is 0 Å². The van der Waals surface area contributed by atoms with E-state index in [-0.39, 0.29) is 0 Å². The topological polar surface area (TPSA) is 70.8 Å². The average molecular weight is 163 g/mol. The van der Waals surface area contributed by atoms with E-state index in [1.807, 2.05) is 0 Å². The molecule has 0 amide bonds. The van der Waals surface area contributed by atoms with Crippen molar-refractivity contribution in [3.63, 3.8) is 0 Å². The summed E-state index contributed by atoms with van der Waals surface area (Å²) >= 11 is 0. The maximum atomic E-state index is 10.9. The van der Waals surface area contributed by atoms with Gasteiger partial charge in [0, 0.05) is 0 Å². The van der Waals surface area contributed by atoms with Gasteiger partial charge in [0.05, 0.1) is 0 Å². The molecule has 0 spiro atoms. The molecule has 0 atom stereocenters. The van der Waals surface area contributed by atoms with Gasteiger partial charge in [-0.3, -0.25) is 0 Å². The van der Waals surface area contributed by atoms with Crippen LogP contribution in [-0.2, 0) is 14.9 Å². The van der Waals surface area contributed by atoms with Crippen molar-refractivity contribution in [3.8, 4) is 0 Å². The van der Waals surface area contributed by atoms with Crippen molar-refractivity contribution < 1.29 is 33.2 Å². The van der Waals surface area contributed by atoms with Crippen LogP contribution in [0.5, 0.6) is 0 Å². The molecule has 0 aliphatic carbocycles. The lowest BCUT2D eigenvalue weighted by molar-refractivity contribution is -0.901. The summed E-state index contributed by atoms with van der Waals surface area (Å²) in [4.78, 5) is 14.2. The lowest BCUT2D eigenvalue weighted by atomic mass is 11.4. The van der Waals surface area contributed by atoms with E-state index < -0.39 is 11.4 Å². The van der Waals surface area contributed by atoms with E-state index >= 15 is 0 Å². The molecule has 0 bridgehead atoms. The van der Waals surface area contributed by atoms with Gasteiger partial charge in [0.1, 0.15) is 0 Å². The quantitative estimate of drug-likeness (QED) is 0.345. The van der Waals surface area contributed by atoms with E-state index in [1.165, 1.54) is 0 Å². The second-order valence-corrected chi connectivity index (χ2v) is 0.895. The van der Waals surface area contributed by atoms with Crippen LogP contribution in [0.2, 0.25) is 0 Å². The van der Waals surface area contributed by atoms with Crippen molar-refractivity contribution in [2.45, 2.75) is 6.36 Å². The van der Waals surface area contributed by atoms with Gasteiger partial charge in [-0.05, 0) is 5.04 Å². The molecule has 0 fully saturated rings. The molecular weight excluding hydrogens is 163 g/mol. The van der Waals surface area contributed by atoms with Gasteiger partial charge in [0.15, 0.2) is 0 Å². The summed E-state index contributed by atoms with van der Waals surface area (Å²) in [5.74, 6) is 0. The third-order valence-corrected chi connectivity index (χ3v) is 0.220. The van der Waals surface area contributed by atoms with E-state index in [1.54, 1.807) is 0 Å². The Balaban J connectivity index is 3.29. The molecule has 0 aliphatic rings. The Bertz CT molecular complexity index is 121. The molecule has 6 nitrogen and oxygen atoms in total. The molecular formula is CF3NO5. The van der Waals surface area contributed by atoms with E-state index in [4.69, 9.17) is 10.1 Å². The fourth-order valence-corrected chi connectivity index (χ4v) is 0.0786. The van der Waals surface area contributed by atoms with Crippen molar-refractivity contribution in [1.29, 1.82) is 0 Å². The Labute approximate surface area is 51.0 Å². The molecule has 0 saturated carbocycles. The fraction of sp³-hybridized carbons (Fsp3) is 1.00. The maximum Gasteiger partial charge on any atom is 0.551 e. The number of alkyl halides is 3. The van der Waals surface area contributed by atoms with Crippen LogP contribution >= 0.6 is 0 Å². The molecule has 0 rings (SSSR count). The van der Waals surface area contributed by atoms with Crippen LogP contribution in [-0.4, -0.2) is 11.4 Å². The Kier molecular flexibility index (Phi) is 2.83. The minimum Gasteiger partial charge on any atom is -0.142 e. The van der Waals surface area contributed by atoms with E-state index in [2.05, 4.69) is 14.9 Å². The van der Waals surface area contributed by atoms with Crippen LogP contribution in [0.25, 0.3) is 0 Å². The third-order valence-electron chi connectivity index (χ3n) is 0.220. The number of hydrogen-bond donors (Lipinski definition) is 0. The molecule has 0 aliphatic heterocycles. The Morgan fingerprint density at radius 2 is 1.90 bits per heavy atom. The molecule has 0 unspecified atom stereocenters. The molecule has 0 N–H and O–H groups in total. The monoisotopic (exact) mass is 163 g/mol. The Morgan fingerprint density at radius 1 is 1.40 bits per heavy atom. The fourth-order valence-electron chi connectivity index (χ4n) is 0.0786. The van der Waals surface area contributed by atoms with Crippen molar-refractivity contribution in [2.24, 2.45) is 0 Å². The van der Waals surface area contributed by atoms with Crippen molar-refractivity contribution in [2.75, 3.05) is 0 Å². The maximum absolute atomic E-state index is 10.9. The lowest BCUT2D eigenvalue weighted by Crippen LogP contribution is -2.15. The van der Waals surface area contributed by atoms with E-state index in [9.17, 15) is 13.2 Å². The molecule has 9 heteroatoms. The van der Waals surface area contributed by atoms with Crippen molar-refractivity contribution in [3.05, 3.63) is 10.1 Å². The first-order valence-electron chi connectivity index (χ1n) is 1.65. The van der Waals surface area contributed by atoms with Crippen LogP contribution in [0.1, 0.15) is 0 Å². The van der Waals surface area contributed by atoms with Crippen LogP contribution in [0.15, 0.2) is 0 Å². The molecule has 0 aromatic carbocycles. The highest BCUT2D eigenvalue weighted by atomic mass is 19.4. The van der Waals surface area contributed by atoms with Gasteiger partial charge < -0.3 is 0 Å². The zero-order valence-electron chi connectivity index (χ0n) is 4.12. The smallest absolute Gasteiger partial charge is 0.142 e. The predicted molar refractivity (Wildman–Crippen MR) is 16.3 cm³/mol. The highest BCUT2D eigenvalue weighted by molar-refractivity contribution is 4.11. The van der Waals surface area contributed by atoms with Gasteiger partial charge in [-0.25, -0.2) is 0 Å². The van der Waals surface area contributed by atoms with Gasteiger partial charge >= 0.3 is 11.4 Å². The standard InChI is InChI=1S/CF3NO5/c2-1(3,4)8-10-9-5(6)7. The van der Waals surface area contributed by atoms with Crippen molar-refractivity contribution in [1.82, 2.24) is 0 Å². The summed E-state index contributed by atoms with van der Waals surface area (Å²) in [7, 11) is 0.